The van der Waals surface area contributed by atoms with E-state index in [1.165, 1.54) is 33.3 Å². The number of hydrogen-bond acceptors (Lipinski definition) is 5. The van der Waals surface area contributed by atoms with Gasteiger partial charge >= 0.3 is 5.97 Å². The highest BCUT2D eigenvalue weighted by molar-refractivity contribution is 7.89. The SMILES string of the molecule is COC(=O)C1CC[NH+]([C@@H](C)C(=O)Nc2cccc(S(=O)(=O)N(C)C)c2)CC1. The first kappa shape index (κ1) is 21.3. The summed E-state index contributed by atoms with van der Waals surface area (Å²) in [7, 11) is 0.756. The molecule has 8 nitrogen and oxygen atoms in total. The number of benzene rings is 1. The minimum Gasteiger partial charge on any atom is -0.469 e. The Morgan fingerprint density at radius 3 is 2.44 bits per heavy atom. The summed E-state index contributed by atoms with van der Waals surface area (Å²) in [5.41, 5.74) is 0.443. The number of piperidine rings is 1. The Bertz CT molecular complexity index is 786. The van der Waals surface area contributed by atoms with Crippen LogP contribution in [0.1, 0.15) is 19.8 Å². The summed E-state index contributed by atoms with van der Waals surface area (Å²) in [6.07, 6.45) is 1.38. The lowest BCUT2D eigenvalue weighted by atomic mass is 9.96. The van der Waals surface area contributed by atoms with Gasteiger partial charge in [-0.25, -0.2) is 12.7 Å². The molecule has 1 aliphatic heterocycles. The van der Waals surface area contributed by atoms with Gasteiger partial charge in [0.15, 0.2) is 6.04 Å². The minimum atomic E-state index is -3.56. The second kappa shape index (κ2) is 8.81. The number of quaternary nitrogens is 1. The molecule has 2 N–H and O–H groups in total. The summed E-state index contributed by atoms with van der Waals surface area (Å²) in [6, 6.07) is 5.91. The van der Waals surface area contributed by atoms with E-state index in [2.05, 4.69) is 5.32 Å². The molecule has 2 rings (SSSR count). The Balaban J connectivity index is 2.00. The van der Waals surface area contributed by atoms with Crippen LogP contribution in [0.5, 0.6) is 0 Å². The maximum absolute atomic E-state index is 12.6. The van der Waals surface area contributed by atoms with Crippen LogP contribution in [0, 0.1) is 5.92 Å². The third-order valence-corrected chi connectivity index (χ3v) is 6.86. The van der Waals surface area contributed by atoms with Crippen LogP contribution in [0.2, 0.25) is 0 Å². The summed E-state index contributed by atoms with van der Waals surface area (Å²) in [4.78, 5) is 25.4. The first-order chi connectivity index (χ1) is 12.7. The Kier molecular flexibility index (Phi) is 6.96. The molecule has 0 aliphatic carbocycles. The van der Waals surface area contributed by atoms with Gasteiger partial charge in [-0.05, 0) is 25.1 Å². The van der Waals surface area contributed by atoms with Crippen molar-refractivity contribution in [1.29, 1.82) is 0 Å². The van der Waals surface area contributed by atoms with Crippen molar-refractivity contribution in [3.63, 3.8) is 0 Å². The number of rotatable bonds is 6. The van der Waals surface area contributed by atoms with E-state index in [1.54, 1.807) is 12.1 Å². The number of amides is 1. The Morgan fingerprint density at radius 2 is 1.89 bits per heavy atom. The van der Waals surface area contributed by atoms with Gasteiger partial charge in [0.2, 0.25) is 10.0 Å². The van der Waals surface area contributed by atoms with E-state index in [0.717, 1.165) is 9.21 Å². The molecule has 0 spiro atoms. The molecular weight excluding hydrogens is 370 g/mol. The van der Waals surface area contributed by atoms with Crippen molar-refractivity contribution in [2.75, 3.05) is 39.6 Å². The van der Waals surface area contributed by atoms with E-state index >= 15 is 0 Å². The van der Waals surface area contributed by atoms with E-state index in [0.29, 0.717) is 31.6 Å². The lowest BCUT2D eigenvalue weighted by Crippen LogP contribution is -3.17. The number of anilines is 1. The molecule has 1 aromatic carbocycles. The van der Waals surface area contributed by atoms with Gasteiger partial charge in [-0.3, -0.25) is 9.59 Å². The number of carbonyl (C=O) groups is 2. The molecule has 0 radical (unpaired) electrons. The highest BCUT2D eigenvalue weighted by Gasteiger charge is 2.33. The first-order valence-corrected chi connectivity index (χ1v) is 10.4. The molecule has 0 bridgehead atoms. The Hall–Kier alpha value is -1.97. The number of ether oxygens (including phenoxy) is 1. The van der Waals surface area contributed by atoms with E-state index in [9.17, 15) is 18.0 Å². The van der Waals surface area contributed by atoms with Gasteiger partial charge in [0.25, 0.3) is 5.91 Å². The fraction of sp³-hybridized carbons (Fsp3) is 0.556. The number of likely N-dealkylation sites (tertiary alicyclic amines) is 1. The molecule has 0 aromatic heterocycles. The Morgan fingerprint density at radius 1 is 1.26 bits per heavy atom. The molecule has 27 heavy (non-hydrogen) atoms. The van der Waals surface area contributed by atoms with Gasteiger partial charge in [-0.2, -0.15) is 0 Å². The zero-order chi connectivity index (χ0) is 20.2. The van der Waals surface area contributed by atoms with Gasteiger partial charge in [0.05, 0.1) is 31.0 Å². The van der Waals surface area contributed by atoms with Crippen molar-refractivity contribution in [1.82, 2.24) is 4.31 Å². The molecular formula is C18H28N3O5S+. The highest BCUT2D eigenvalue weighted by Crippen LogP contribution is 2.18. The summed E-state index contributed by atoms with van der Waals surface area (Å²) in [5, 5.41) is 2.80. The fourth-order valence-electron chi connectivity index (χ4n) is 3.21. The average molecular weight is 399 g/mol. The zero-order valence-corrected chi connectivity index (χ0v) is 17.0. The predicted octanol–water partition coefficient (Wildman–Crippen LogP) is -0.268. The summed E-state index contributed by atoms with van der Waals surface area (Å²) in [5.74, 6) is -0.465. The number of nitrogens with zero attached hydrogens (tertiary/aromatic N) is 1. The van der Waals surface area contributed by atoms with Crippen molar-refractivity contribution in [2.45, 2.75) is 30.7 Å². The number of sulfonamides is 1. The molecule has 9 heteroatoms. The fourth-order valence-corrected chi connectivity index (χ4v) is 4.15. The number of nitrogens with one attached hydrogen (secondary N) is 2. The maximum atomic E-state index is 12.6. The quantitative estimate of drug-likeness (QED) is 0.643. The third-order valence-electron chi connectivity index (χ3n) is 5.05. The predicted molar refractivity (Wildman–Crippen MR) is 101 cm³/mol. The lowest BCUT2D eigenvalue weighted by Gasteiger charge is -2.31. The number of carbonyl (C=O) groups excluding carboxylic acids is 2. The summed E-state index contributed by atoms with van der Waals surface area (Å²) < 4.78 is 30.4. The van der Waals surface area contributed by atoms with Crippen molar-refractivity contribution in [3.8, 4) is 0 Å². The molecule has 0 saturated carbocycles. The molecule has 150 valence electrons. The van der Waals surface area contributed by atoms with Gasteiger partial charge in [-0.1, -0.05) is 6.07 Å². The van der Waals surface area contributed by atoms with Crippen molar-refractivity contribution >= 4 is 27.6 Å². The molecule has 1 heterocycles. The van der Waals surface area contributed by atoms with Crippen LogP contribution < -0.4 is 10.2 Å². The second-order valence-corrected chi connectivity index (χ2v) is 9.13. The summed E-state index contributed by atoms with van der Waals surface area (Å²) in [6.45, 7) is 3.26. The van der Waals surface area contributed by atoms with Crippen LogP contribution in [-0.4, -0.2) is 64.9 Å². The van der Waals surface area contributed by atoms with Crippen LogP contribution in [0.3, 0.4) is 0 Å². The van der Waals surface area contributed by atoms with E-state index in [1.807, 2.05) is 6.92 Å². The van der Waals surface area contributed by atoms with Crippen LogP contribution in [0.25, 0.3) is 0 Å². The number of hydrogen-bond donors (Lipinski definition) is 2. The van der Waals surface area contributed by atoms with Gasteiger partial charge < -0.3 is 15.0 Å². The van der Waals surface area contributed by atoms with Crippen molar-refractivity contribution in [3.05, 3.63) is 24.3 Å². The minimum absolute atomic E-state index is 0.0954. The van der Waals surface area contributed by atoms with Gasteiger partial charge in [0, 0.05) is 32.6 Å². The van der Waals surface area contributed by atoms with E-state index < -0.39 is 10.0 Å². The maximum Gasteiger partial charge on any atom is 0.309 e. The van der Waals surface area contributed by atoms with Crippen LogP contribution in [0.15, 0.2) is 29.2 Å². The lowest BCUT2D eigenvalue weighted by molar-refractivity contribution is -0.919. The van der Waals surface area contributed by atoms with Crippen LogP contribution in [0.4, 0.5) is 5.69 Å². The monoisotopic (exact) mass is 398 g/mol. The normalized spacial score (nSPS) is 21.5. The second-order valence-electron chi connectivity index (χ2n) is 6.98. The topological polar surface area (TPSA) is 97.2 Å². The largest absolute Gasteiger partial charge is 0.469 e. The average Bonchev–Trinajstić information content (AvgIpc) is 2.66. The molecule has 1 amide bonds. The molecule has 1 atom stereocenters. The van der Waals surface area contributed by atoms with Gasteiger partial charge in [0.1, 0.15) is 0 Å². The number of methoxy groups -OCH3 is 1. The molecule has 1 aliphatic rings. The molecule has 1 aromatic rings. The van der Waals surface area contributed by atoms with E-state index in [4.69, 9.17) is 4.74 Å². The highest BCUT2D eigenvalue weighted by atomic mass is 32.2. The zero-order valence-electron chi connectivity index (χ0n) is 16.2. The Labute approximate surface area is 160 Å². The number of esters is 1. The van der Waals surface area contributed by atoms with Crippen LogP contribution in [-0.2, 0) is 24.3 Å². The van der Waals surface area contributed by atoms with Crippen LogP contribution >= 0.6 is 0 Å². The smallest absolute Gasteiger partial charge is 0.309 e. The first-order valence-electron chi connectivity index (χ1n) is 8.92. The summed E-state index contributed by atoms with van der Waals surface area (Å²) >= 11 is 0. The molecule has 1 saturated heterocycles. The van der Waals surface area contributed by atoms with Crippen molar-refractivity contribution in [2.24, 2.45) is 5.92 Å². The standard InChI is InChI=1S/C18H27N3O5S/c1-13(21-10-8-14(9-11-21)18(23)26-4)17(22)19-15-6-5-7-16(12-15)27(24,25)20(2)3/h5-7,12-14H,8-11H2,1-4H3,(H,19,22)/p+1/t13-/m0/s1. The molecule has 1 fully saturated rings. The van der Waals surface area contributed by atoms with Crippen molar-refractivity contribution < 1.29 is 27.6 Å². The third kappa shape index (κ3) is 5.06. The van der Waals surface area contributed by atoms with Gasteiger partial charge in [-0.15, -0.1) is 0 Å². The molecule has 0 unspecified atom stereocenters. The van der Waals surface area contributed by atoms with E-state index in [-0.39, 0.29) is 28.7 Å².